The zero-order valence-electron chi connectivity index (χ0n) is 33.4. The third kappa shape index (κ3) is 12.1. The van der Waals surface area contributed by atoms with Crippen LogP contribution in [0.2, 0.25) is 0 Å². The lowest BCUT2D eigenvalue weighted by molar-refractivity contribution is -0.198. The maximum Gasteiger partial charge on any atom is 0.335 e. The van der Waals surface area contributed by atoms with Gasteiger partial charge in [0, 0.05) is 65.5 Å². The lowest BCUT2D eigenvalue weighted by atomic mass is 9.90. The molecule has 18 nitrogen and oxygen atoms in total. The number of fused-ring (bicyclic) bond motifs is 2. The van der Waals surface area contributed by atoms with Gasteiger partial charge in [0.15, 0.2) is 0 Å². The van der Waals surface area contributed by atoms with Crippen molar-refractivity contribution >= 4 is 57.6 Å². The van der Waals surface area contributed by atoms with Crippen LogP contribution in [-0.4, -0.2) is 99.6 Å². The van der Waals surface area contributed by atoms with Gasteiger partial charge in [-0.3, -0.25) is 19.2 Å². The van der Waals surface area contributed by atoms with Crippen molar-refractivity contribution in [3.8, 4) is 22.5 Å². The quantitative estimate of drug-likeness (QED) is 0.0210. The number of carbonyl (C=O) groups excluding carboxylic acids is 5. The second kappa shape index (κ2) is 21.4. The molecule has 4 amide bonds. The Kier molecular flexibility index (Phi) is 15.3. The number of rotatable bonds is 21. The molecule has 2 heterocycles. The summed E-state index contributed by atoms with van der Waals surface area (Å²) in [6.45, 7) is 2.04. The number of amides is 4. The van der Waals surface area contributed by atoms with Gasteiger partial charge >= 0.3 is 5.97 Å². The van der Waals surface area contributed by atoms with Crippen LogP contribution in [0.4, 0.5) is 17.1 Å². The lowest BCUT2D eigenvalue weighted by Crippen LogP contribution is -2.32. The molecule has 6 rings (SSSR count). The molecule has 0 aromatic heterocycles. The summed E-state index contributed by atoms with van der Waals surface area (Å²) in [7, 11) is 1.52. The van der Waals surface area contributed by atoms with E-state index in [1.54, 1.807) is 66.7 Å². The predicted molar refractivity (Wildman–Crippen MR) is 220 cm³/mol. The second-order valence-electron chi connectivity index (χ2n) is 13.6. The first kappa shape index (κ1) is 43.7. The first-order chi connectivity index (χ1) is 29.6. The van der Waals surface area contributed by atoms with Crippen molar-refractivity contribution in [1.82, 2.24) is 10.1 Å². The summed E-state index contributed by atoms with van der Waals surface area (Å²) in [5.41, 5.74) is 10.7. The lowest BCUT2D eigenvalue weighted by Gasteiger charge is -2.19. The first-order valence-electron chi connectivity index (χ1n) is 19.4. The average molecular weight is 836 g/mol. The van der Waals surface area contributed by atoms with Crippen LogP contribution in [0.15, 0.2) is 99.7 Å². The fourth-order valence-corrected chi connectivity index (χ4v) is 6.14. The molecule has 0 unspecified atom stereocenters. The number of carbonyl (C=O) groups is 5. The minimum atomic E-state index is -0.726. The van der Waals surface area contributed by atoms with Crippen LogP contribution in [0.25, 0.3) is 33.4 Å². The highest BCUT2D eigenvalue weighted by Gasteiger charge is 2.32. The molecule has 3 aromatic carbocycles. The van der Waals surface area contributed by atoms with Crippen molar-refractivity contribution < 1.29 is 52.2 Å². The molecule has 0 bridgehead atoms. The van der Waals surface area contributed by atoms with Gasteiger partial charge in [0.2, 0.25) is 5.91 Å². The standard InChI is InChI=1S/C43H45N7O11/c1-49(43(55)33-5-3-2-4-32(33)42-34-12-6-28(44)26-36(34)60-37-27-29(45)7-13-35(37)42)48-47-31-10-8-30(9-11-31)46-38(51)16-18-56-20-22-58-24-25-59-23-21-57-19-17-41(54)61-50-39(52)14-15-40(50)53/h2-13,26-27,44H,14-25,45H2,1H3,(H,46,51). The van der Waals surface area contributed by atoms with Gasteiger partial charge in [-0.25, -0.2) is 9.80 Å². The van der Waals surface area contributed by atoms with E-state index in [0.717, 1.165) is 21.5 Å². The highest BCUT2D eigenvalue weighted by Crippen LogP contribution is 2.41. The van der Waals surface area contributed by atoms with E-state index in [2.05, 4.69) is 15.7 Å². The molecule has 0 atom stereocenters. The predicted octanol–water partition coefficient (Wildman–Crippen LogP) is 5.43. The number of nitrogens with zero attached hydrogens (tertiary/aromatic N) is 4. The summed E-state index contributed by atoms with van der Waals surface area (Å²) in [5.74, 6) is -1.93. The number of nitrogen functional groups attached to an aromatic ring is 1. The number of nitrogens with one attached hydrogen (secondary N) is 2. The molecule has 0 spiro atoms. The monoisotopic (exact) mass is 835 g/mol. The smallest absolute Gasteiger partial charge is 0.335 e. The molecule has 18 heteroatoms. The highest BCUT2D eigenvalue weighted by molar-refractivity contribution is 6.09. The highest BCUT2D eigenvalue weighted by atomic mass is 16.7. The van der Waals surface area contributed by atoms with E-state index in [4.69, 9.17) is 39.3 Å². The third-order valence-corrected chi connectivity index (χ3v) is 9.15. The molecule has 3 aliphatic rings. The molecule has 0 saturated carbocycles. The SMILES string of the molecule is CN(N=Nc1ccc(NC(=O)CCOCCOCCOCCOCCC(=O)ON2C(=O)CCC2=O)cc1)C(=O)c1ccccc1-c1c2ccc(=N)cc-2oc2cc(N)ccc12. The Morgan fingerprint density at radius 1 is 0.787 bits per heavy atom. The van der Waals surface area contributed by atoms with Crippen molar-refractivity contribution in [1.29, 1.82) is 5.41 Å². The summed E-state index contributed by atoms with van der Waals surface area (Å²) in [6, 6.07) is 24.3. The number of hydrogen-bond donors (Lipinski definition) is 3. The molecule has 2 aliphatic heterocycles. The number of nitrogens with two attached hydrogens (primary N) is 1. The fraction of sp³-hybridized carbons (Fsp3) is 0.302. The van der Waals surface area contributed by atoms with Crippen molar-refractivity contribution in [2.24, 2.45) is 10.3 Å². The molecule has 4 N–H and O–H groups in total. The summed E-state index contributed by atoms with van der Waals surface area (Å²) in [5, 5.41) is 22.0. The second-order valence-corrected chi connectivity index (χ2v) is 13.6. The van der Waals surface area contributed by atoms with Crippen LogP contribution >= 0.6 is 0 Å². The van der Waals surface area contributed by atoms with Crippen LogP contribution in [0, 0.1) is 5.41 Å². The van der Waals surface area contributed by atoms with Crippen LogP contribution in [0.3, 0.4) is 0 Å². The van der Waals surface area contributed by atoms with E-state index >= 15 is 0 Å². The van der Waals surface area contributed by atoms with E-state index in [0.29, 0.717) is 71.0 Å². The number of anilines is 2. The topological polar surface area (TPSA) is 238 Å². The van der Waals surface area contributed by atoms with Gasteiger partial charge in [0.25, 0.3) is 17.7 Å². The van der Waals surface area contributed by atoms with Crippen molar-refractivity contribution in [3.63, 3.8) is 0 Å². The van der Waals surface area contributed by atoms with Crippen LogP contribution < -0.4 is 16.4 Å². The van der Waals surface area contributed by atoms with Crippen LogP contribution in [-0.2, 0) is 43.0 Å². The van der Waals surface area contributed by atoms with E-state index < -0.39 is 23.7 Å². The molecule has 0 radical (unpaired) electrons. The third-order valence-electron chi connectivity index (χ3n) is 9.15. The van der Waals surface area contributed by atoms with Gasteiger partial charge < -0.3 is 44.7 Å². The van der Waals surface area contributed by atoms with E-state index in [1.165, 1.54) is 7.05 Å². The zero-order chi connectivity index (χ0) is 43.1. The molecule has 1 fully saturated rings. The Hall–Kier alpha value is -6.86. The van der Waals surface area contributed by atoms with E-state index in [1.807, 2.05) is 18.2 Å². The Labute approximate surface area is 349 Å². The summed E-state index contributed by atoms with van der Waals surface area (Å²) < 4.78 is 27.8. The maximum absolute atomic E-state index is 13.8. The number of hydrogen-bond acceptors (Lipinski definition) is 15. The molecule has 1 saturated heterocycles. The molecule has 1 aliphatic carbocycles. The molecule has 318 valence electrons. The van der Waals surface area contributed by atoms with Gasteiger partial charge in [0.1, 0.15) is 11.3 Å². The minimum Gasteiger partial charge on any atom is -0.456 e. The average Bonchev–Trinajstić information content (AvgIpc) is 3.57. The number of hydroxylamine groups is 2. The fourth-order valence-electron chi connectivity index (χ4n) is 6.14. The zero-order valence-corrected chi connectivity index (χ0v) is 33.4. The molecular formula is C43H45N7O11. The summed E-state index contributed by atoms with van der Waals surface area (Å²) in [4.78, 5) is 65.7. The molecular weight excluding hydrogens is 791 g/mol. The maximum atomic E-state index is 13.8. The molecule has 61 heavy (non-hydrogen) atoms. The minimum absolute atomic E-state index is 0.0370. The van der Waals surface area contributed by atoms with Crippen LogP contribution in [0.1, 0.15) is 36.0 Å². The van der Waals surface area contributed by atoms with Gasteiger partial charge in [-0.2, -0.15) is 0 Å². The van der Waals surface area contributed by atoms with Crippen LogP contribution in [0.5, 0.6) is 0 Å². The number of imide groups is 1. The Morgan fingerprint density at radius 2 is 1.43 bits per heavy atom. The van der Waals surface area contributed by atoms with E-state index in [9.17, 15) is 24.0 Å². The van der Waals surface area contributed by atoms with Crippen molar-refractivity contribution in [2.45, 2.75) is 25.7 Å². The Balaban J connectivity index is 0.864. The molecule has 3 aromatic rings. The number of benzene rings is 4. The Morgan fingerprint density at radius 3 is 2.11 bits per heavy atom. The number of ether oxygens (including phenoxy) is 4. The van der Waals surface area contributed by atoms with E-state index in [-0.39, 0.29) is 63.4 Å². The summed E-state index contributed by atoms with van der Waals surface area (Å²) in [6.07, 6.45) is 0.0987. The van der Waals surface area contributed by atoms with Gasteiger partial charge in [-0.05, 0) is 60.2 Å². The van der Waals surface area contributed by atoms with Crippen molar-refractivity contribution in [2.75, 3.05) is 71.0 Å². The normalized spacial score (nSPS) is 12.8. The Bertz CT molecular complexity index is 2400. The van der Waals surface area contributed by atoms with Gasteiger partial charge in [-0.1, -0.05) is 23.4 Å². The van der Waals surface area contributed by atoms with Gasteiger partial charge in [-0.15, -0.1) is 10.2 Å². The van der Waals surface area contributed by atoms with Crippen molar-refractivity contribution in [3.05, 3.63) is 95.8 Å². The van der Waals surface area contributed by atoms with Gasteiger partial charge in [0.05, 0.1) is 76.7 Å². The largest absolute Gasteiger partial charge is 0.456 e. The summed E-state index contributed by atoms with van der Waals surface area (Å²) >= 11 is 0. The first-order valence-corrected chi connectivity index (χ1v) is 19.4.